The molecule has 0 aliphatic heterocycles. The fourth-order valence-electron chi connectivity index (χ4n) is 1.86. The molecule has 0 aromatic rings. The summed E-state index contributed by atoms with van der Waals surface area (Å²) in [7, 11) is 0. The van der Waals surface area contributed by atoms with E-state index in [1.54, 1.807) is 0 Å². The third-order valence-corrected chi connectivity index (χ3v) is 3.42. The van der Waals surface area contributed by atoms with Gasteiger partial charge >= 0.3 is 0 Å². The van der Waals surface area contributed by atoms with Crippen LogP contribution in [0.4, 0.5) is 0 Å². The molecular weight excluding hydrogens is 184 g/mol. The molecule has 0 bridgehead atoms. The standard InChI is InChI=1S/C11H21ClO/c1-9(7-12)8-13-11-6-4-3-5-10(11)2/h9-11H,3-8H2,1-2H3. The number of alkyl halides is 1. The Morgan fingerprint density at radius 3 is 2.69 bits per heavy atom. The minimum absolute atomic E-state index is 0.496. The third-order valence-electron chi connectivity index (χ3n) is 2.89. The molecule has 1 rings (SSSR count). The van der Waals surface area contributed by atoms with Crippen LogP contribution in [-0.4, -0.2) is 18.6 Å². The first-order valence-electron chi connectivity index (χ1n) is 5.41. The first kappa shape index (κ1) is 11.3. The number of hydrogen-bond acceptors (Lipinski definition) is 1. The Morgan fingerprint density at radius 1 is 1.38 bits per heavy atom. The molecule has 0 aromatic carbocycles. The van der Waals surface area contributed by atoms with Crippen molar-refractivity contribution in [3.8, 4) is 0 Å². The Balaban J connectivity index is 2.18. The van der Waals surface area contributed by atoms with Gasteiger partial charge in [0.05, 0.1) is 12.7 Å². The molecule has 1 aliphatic carbocycles. The van der Waals surface area contributed by atoms with Crippen molar-refractivity contribution in [3.63, 3.8) is 0 Å². The highest BCUT2D eigenvalue weighted by Crippen LogP contribution is 2.26. The van der Waals surface area contributed by atoms with Gasteiger partial charge in [-0.15, -0.1) is 11.6 Å². The predicted octanol–water partition coefficient (Wildman–Crippen LogP) is 3.46. The topological polar surface area (TPSA) is 9.23 Å². The minimum Gasteiger partial charge on any atom is -0.378 e. The largest absolute Gasteiger partial charge is 0.378 e. The lowest BCUT2D eigenvalue weighted by molar-refractivity contribution is -0.0166. The number of hydrogen-bond donors (Lipinski definition) is 0. The maximum Gasteiger partial charge on any atom is 0.0600 e. The SMILES string of the molecule is CC(CCl)COC1CCCCC1C. The Morgan fingerprint density at radius 2 is 2.08 bits per heavy atom. The number of rotatable bonds is 4. The molecule has 0 radical (unpaired) electrons. The Bertz CT molecular complexity index is 138. The summed E-state index contributed by atoms with van der Waals surface area (Å²) >= 11 is 5.73. The van der Waals surface area contributed by atoms with Gasteiger partial charge in [0.15, 0.2) is 0 Å². The Labute approximate surface area is 86.8 Å². The molecule has 3 atom stereocenters. The summed E-state index contributed by atoms with van der Waals surface area (Å²) in [5.74, 6) is 1.95. The van der Waals surface area contributed by atoms with Crippen molar-refractivity contribution in [3.05, 3.63) is 0 Å². The van der Waals surface area contributed by atoms with Gasteiger partial charge in [0.2, 0.25) is 0 Å². The van der Waals surface area contributed by atoms with Crippen molar-refractivity contribution < 1.29 is 4.74 Å². The average Bonchev–Trinajstić information content (AvgIpc) is 2.16. The van der Waals surface area contributed by atoms with E-state index in [9.17, 15) is 0 Å². The van der Waals surface area contributed by atoms with E-state index in [1.807, 2.05) is 0 Å². The Kier molecular flexibility index (Phi) is 5.12. The molecule has 1 aliphatic rings. The zero-order chi connectivity index (χ0) is 9.68. The zero-order valence-corrected chi connectivity index (χ0v) is 9.52. The minimum atomic E-state index is 0.496. The second-order valence-corrected chi connectivity index (χ2v) is 4.70. The summed E-state index contributed by atoms with van der Waals surface area (Å²) in [6.45, 7) is 5.27. The van der Waals surface area contributed by atoms with Gasteiger partial charge in [-0.25, -0.2) is 0 Å². The van der Waals surface area contributed by atoms with E-state index in [0.29, 0.717) is 17.9 Å². The molecule has 1 fully saturated rings. The third kappa shape index (κ3) is 3.86. The maximum atomic E-state index is 5.86. The normalized spacial score (nSPS) is 31.6. The molecule has 0 saturated heterocycles. The van der Waals surface area contributed by atoms with Crippen LogP contribution >= 0.6 is 11.6 Å². The van der Waals surface area contributed by atoms with E-state index < -0.39 is 0 Å². The molecule has 78 valence electrons. The van der Waals surface area contributed by atoms with Gasteiger partial charge in [-0.3, -0.25) is 0 Å². The van der Waals surface area contributed by atoms with Crippen molar-refractivity contribution in [1.29, 1.82) is 0 Å². The monoisotopic (exact) mass is 204 g/mol. The van der Waals surface area contributed by atoms with Crippen molar-refractivity contribution >= 4 is 11.6 Å². The van der Waals surface area contributed by atoms with E-state index >= 15 is 0 Å². The molecule has 3 unspecified atom stereocenters. The van der Waals surface area contributed by atoms with Crippen LogP contribution in [0.3, 0.4) is 0 Å². The summed E-state index contributed by atoms with van der Waals surface area (Å²) in [4.78, 5) is 0. The number of halogens is 1. The second-order valence-electron chi connectivity index (χ2n) is 4.39. The van der Waals surface area contributed by atoms with Gasteiger partial charge in [-0.05, 0) is 24.7 Å². The van der Waals surface area contributed by atoms with Crippen LogP contribution in [-0.2, 0) is 4.74 Å². The van der Waals surface area contributed by atoms with Crippen LogP contribution in [0, 0.1) is 11.8 Å². The first-order chi connectivity index (χ1) is 6.24. The highest BCUT2D eigenvalue weighted by Gasteiger charge is 2.21. The molecular formula is C11H21ClO. The van der Waals surface area contributed by atoms with Gasteiger partial charge in [0.25, 0.3) is 0 Å². The quantitative estimate of drug-likeness (QED) is 0.638. The molecule has 0 spiro atoms. The van der Waals surface area contributed by atoms with Crippen LogP contribution < -0.4 is 0 Å². The summed E-state index contributed by atoms with van der Waals surface area (Å²) < 4.78 is 5.86. The molecule has 1 nitrogen and oxygen atoms in total. The van der Waals surface area contributed by atoms with Gasteiger partial charge in [0.1, 0.15) is 0 Å². The van der Waals surface area contributed by atoms with E-state index in [1.165, 1.54) is 25.7 Å². The average molecular weight is 205 g/mol. The summed E-state index contributed by atoms with van der Waals surface area (Å²) in [5.41, 5.74) is 0. The predicted molar refractivity (Wildman–Crippen MR) is 57.3 cm³/mol. The highest BCUT2D eigenvalue weighted by molar-refractivity contribution is 6.18. The molecule has 0 aromatic heterocycles. The number of ether oxygens (including phenoxy) is 1. The molecule has 13 heavy (non-hydrogen) atoms. The van der Waals surface area contributed by atoms with Crippen LogP contribution in [0.15, 0.2) is 0 Å². The van der Waals surface area contributed by atoms with Crippen LogP contribution in [0.25, 0.3) is 0 Å². The molecule has 0 N–H and O–H groups in total. The maximum absolute atomic E-state index is 5.86. The van der Waals surface area contributed by atoms with Crippen molar-refractivity contribution in [2.45, 2.75) is 45.6 Å². The lowest BCUT2D eigenvalue weighted by Gasteiger charge is -2.29. The van der Waals surface area contributed by atoms with Gasteiger partial charge < -0.3 is 4.74 Å². The van der Waals surface area contributed by atoms with Gasteiger partial charge in [-0.1, -0.05) is 26.7 Å². The molecule has 0 heterocycles. The fraction of sp³-hybridized carbons (Fsp3) is 1.00. The summed E-state index contributed by atoms with van der Waals surface area (Å²) in [6.07, 6.45) is 5.80. The van der Waals surface area contributed by atoms with Crippen LogP contribution in [0.1, 0.15) is 39.5 Å². The van der Waals surface area contributed by atoms with Gasteiger partial charge in [-0.2, -0.15) is 0 Å². The van der Waals surface area contributed by atoms with Crippen molar-refractivity contribution in [2.24, 2.45) is 11.8 Å². The zero-order valence-electron chi connectivity index (χ0n) is 8.76. The molecule has 0 amide bonds. The van der Waals surface area contributed by atoms with E-state index in [2.05, 4.69) is 13.8 Å². The Hall–Kier alpha value is 0.250. The van der Waals surface area contributed by atoms with Crippen molar-refractivity contribution in [1.82, 2.24) is 0 Å². The highest BCUT2D eigenvalue weighted by atomic mass is 35.5. The van der Waals surface area contributed by atoms with Crippen molar-refractivity contribution in [2.75, 3.05) is 12.5 Å². The lowest BCUT2D eigenvalue weighted by Crippen LogP contribution is -2.27. The van der Waals surface area contributed by atoms with Gasteiger partial charge in [0, 0.05) is 5.88 Å². The van der Waals surface area contributed by atoms with Crippen LogP contribution in [0.2, 0.25) is 0 Å². The smallest absolute Gasteiger partial charge is 0.0600 e. The summed E-state index contributed by atoms with van der Waals surface area (Å²) in [5, 5.41) is 0. The van der Waals surface area contributed by atoms with E-state index in [4.69, 9.17) is 16.3 Å². The molecule has 1 saturated carbocycles. The second kappa shape index (κ2) is 5.87. The van der Waals surface area contributed by atoms with E-state index in [-0.39, 0.29) is 0 Å². The van der Waals surface area contributed by atoms with E-state index in [0.717, 1.165) is 12.5 Å². The summed E-state index contributed by atoms with van der Waals surface area (Å²) in [6, 6.07) is 0. The first-order valence-corrected chi connectivity index (χ1v) is 5.95. The van der Waals surface area contributed by atoms with Crippen LogP contribution in [0.5, 0.6) is 0 Å². The lowest BCUT2D eigenvalue weighted by atomic mass is 9.88. The fourth-order valence-corrected chi connectivity index (χ4v) is 1.95. The molecule has 2 heteroatoms.